The van der Waals surface area contributed by atoms with Crippen molar-refractivity contribution in [2.45, 2.75) is 4.90 Å². The maximum atomic E-state index is 4.29. The zero-order valence-electron chi connectivity index (χ0n) is 7.27. The summed E-state index contributed by atoms with van der Waals surface area (Å²) < 4.78 is 4.19. The number of allylic oxidation sites excluding steroid dienone is 1. The Morgan fingerprint density at radius 1 is 1.29 bits per heavy atom. The van der Waals surface area contributed by atoms with Crippen molar-refractivity contribution in [1.29, 1.82) is 0 Å². The van der Waals surface area contributed by atoms with Crippen molar-refractivity contribution < 1.29 is 0 Å². The molecule has 1 aliphatic rings. The summed E-state index contributed by atoms with van der Waals surface area (Å²) in [5, 5.41) is 0. The number of fused-ring (bicyclic) bond motifs is 3. The van der Waals surface area contributed by atoms with Crippen molar-refractivity contribution in [1.82, 2.24) is 9.97 Å². The van der Waals surface area contributed by atoms with Crippen LogP contribution in [0.1, 0.15) is 5.56 Å². The molecule has 0 bridgehead atoms. The molecule has 0 spiro atoms. The first-order chi connectivity index (χ1) is 6.95. The van der Waals surface area contributed by atoms with Crippen molar-refractivity contribution in [3.8, 4) is 0 Å². The first kappa shape index (κ1) is 7.82. The Morgan fingerprint density at radius 2 is 2.29 bits per heavy atom. The van der Waals surface area contributed by atoms with Crippen LogP contribution in [0, 0.1) is 0 Å². The van der Waals surface area contributed by atoms with E-state index in [0.717, 1.165) is 15.9 Å². The van der Waals surface area contributed by atoms with Gasteiger partial charge in [0.2, 0.25) is 0 Å². The van der Waals surface area contributed by atoms with Crippen molar-refractivity contribution in [3.05, 3.63) is 30.1 Å². The Kier molecular flexibility index (Phi) is 1.67. The number of hydrogen-bond donors (Lipinski definition) is 1. The van der Waals surface area contributed by atoms with Crippen LogP contribution in [0.15, 0.2) is 33.8 Å². The molecule has 68 valence electrons. The minimum Gasteiger partial charge on any atom is -0.345 e. The number of H-pyrrole nitrogens is 1. The van der Waals surface area contributed by atoms with Gasteiger partial charge in [-0.3, -0.25) is 0 Å². The van der Waals surface area contributed by atoms with Crippen LogP contribution in [0.5, 0.6) is 0 Å². The highest BCUT2D eigenvalue weighted by molar-refractivity contribution is 7.98. The molecule has 0 aliphatic carbocycles. The van der Waals surface area contributed by atoms with Gasteiger partial charge >= 0.3 is 0 Å². The summed E-state index contributed by atoms with van der Waals surface area (Å²) in [5.41, 5.74) is 3.23. The maximum absolute atomic E-state index is 4.29. The summed E-state index contributed by atoms with van der Waals surface area (Å²) in [7, 11) is 0. The van der Waals surface area contributed by atoms with Crippen LogP contribution < -0.4 is 0 Å². The fourth-order valence-corrected chi connectivity index (χ4v) is 2.22. The largest absolute Gasteiger partial charge is 0.345 e. The van der Waals surface area contributed by atoms with Crippen molar-refractivity contribution in [3.63, 3.8) is 0 Å². The topological polar surface area (TPSA) is 41.0 Å². The fourth-order valence-electron chi connectivity index (χ4n) is 1.49. The van der Waals surface area contributed by atoms with Crippen LogP contribution >= 0.6 is 11.9 Å². The van der Waals surface area contributed by atoms with Crippen LogP contribution in [-0.2, 0) is 0 Å². The van der Waals surface area contributed by atoms with E-state index < -0.39 is 0 Å². The lowest BCUT2D eigenvalue weighted by atomic mass is 10.2. The van der Waals surface area contributed by atoms with E-state index in [1.807, 2.05) is 18.2 Å². The number of hydrogen-bond acceptors (Lipinski definition) is 3. The van der Waals surface area contributed by atoms with E-state index in [1.165, 1.54) is 17.5 Å². The number of rotatable bonds is 0. The third-order valence-corrected chi connectivity index (χ3v) is 2.98. The second-order valence-electron chi connectivity index (χ2n) is 2.99. The monoisotopic (exact) mass is 201 g/mol. The van der Waals surface area contributed by atoms with Crippen LogP contribution in [-0.4, -0.2) is 16.2 Å². The van der Waals surface area contributed by atoms with Gasteiger partial charge in [-0.15, -0.1) is 0 Å². The van der Waals surface area contributed by atoms with E-state index >= 15 is 0 Å². The third kappa shape index (κ3) is 1.08. The standard InChI is InChI=1S/C10H7N3S/c1-2-7-3-4-8-9(12-6-11-8)10(7)14-13-5-1/h1-6H,(H,11,12). The molecule has 0 unspecified atom stereocenters. The second kappa shape index (κ2) is 2.99. The average Bonchev–Trinajstić information content (AvgIpc) is 2.55. The molecule has 1 N–H and O–H groups in total. The molecule has 3 rings (SSSR count). The van der Waals surface area contributed by atoms with Gasteiger partial charge in [0.15, 0.2) is 0 Å². The Hall–Kier alpha value is -1.55. The fraction of sp³-hybridized carbons (Fsp3) is 0. The van der Waals surface area contributed by atoms with Gasteiger partial charge in [0.1, 0.15) is 5.52 Å². The maximum Gasteiger partial charge on any atom is 0.104 e. The highest BCUT2D eigenvalue weighted by Gasteiger charge is 2.09. The highest BCUT2D eigenvalue weighted by atomic mass is 32.2. The minimum absolute atomic E-state index is 0.996. The lowest BCUT2D eigenvalue weighted by molar-refractivity contribution is 1.33. The number of nitrogens with one attached hydrogen (secondary N) is 1. The SMILES string of the molecule is C1=Cc2ccc3[nH]cnc3c2SN=C1. The Bertz CT molecular complexity index is 539. The molecule has 2 aromatic rings. The molecule has 0 saturated carbocycles. The van der Waals surface area contributed by atoms with Crippen LogP contribution in [0.25, 0.3) is 17.1 Å². The zero-order valence-corrected chi connectivity index (χ0v) is 8.08. The van der Waals surface area contributed by atoms with Gasteiger partial charge in [-0.25, -0.2) is 9.38 Å². The summed E-state index contributed by atoms with van der Waals surface area (Å²) in [6, 6.07) is 4.12. The van der Waals surface area contributed by atoms with E-state index in [1.54, 1.807) is 12.5 Å². The van der Waals surface area contributed by atoms with Crippen molar-refractivity contribution in [2.24, 2.45) is 4.40 Å². The highest BCUT2D eigenvalue weighted by Crippen LogP contribution is 2.32. The van der Waals surface area contributed by atoms with E-state index in [-0.39, 0.29) is 0 Å². The van der Waals surface area contributed by atoms with E-state index in [2.05, 4.69) is 20.4 Å². The van der Waals surface area contributed by atoms with Gasteiger partial charge in [0, 0.05) is 18.2 Å². The molecule has 14 heavy (non-hydrogen) atoms. The summed E-state index contributed by atoms with van der Waals surface area (Å²) >= 11 is 1.47. The molecule has 2 heterocycles. The smallest absolute Gasteiger partial charge is 0.104 e. The molecular formula is C10H7N3S. The van der Waals surface area contributed by atoms with Gasteiger partial charge in [0.05, 0.1) is 16.7 Å². The molecule has 0 atom stereocenters. The van der Waals surface area contributed by atoms with Gasteiger partial charge in [-0.2, -0.15) is 0 Å². The molecule has 4 heteroatoms. The predicted molar refractivity (Wildman–Crippen MR) is 59.5 cm³/mol. The normalized spacial score (nSPS) is 14.3. The van der Waals surface area contributed by atoms with E-state index in [9.17, 15) is 0 Å². The number of nitrogens with zero attached hydrogens (tertiary/aromatic N) is 2. The first-order valence-electron chi connectivity index (χ1n) is 4.28. The molecule has 0 radical (unpaired) electrons. The molecular weight excluding hydrogens is 194 g/mol. The number of benzene rings is 1. The van der Waals surface area contributed by atoms with Crippen LogP contribution in [0.4, 0.5) is 0 Å². The van der Waals surface area contributed by atoms with Crippen molar-refractivity contribution in [2.75, 3.05) is 0 Å². The van der Waals surface area contributed by atoms with Gasteiger partial charge < -0.3 is 4.98 Å². The molecule has 0 saturated heterocycles. The lowest BCUT2D eigenvalue weighted by Crippen LogP contribution is -1.80. The van der Waals surface area contributed by atoms with Gasteiger partial charge in [0.25, 0.3) is 0 Å². The Balaban J connectivity index is 2.38. The van der Waals surface area contributed by atoms with E-state index in [0.29, 0.717) is 0 Å². The summed E-state index contributed by atoms with van der Waals surface area (Å²) in [5.74, 6) is 0. The molecule has 1 aromatic carbocycles. The van der Waals surface area contributed by atoms with Gasteiger partial charge in [-0.05, 0) is 17.7 Å². The van der Waals surface area contributed by atoms with Crippen LogP contribution in [0.3, 0.4) is 0 Å². The van der Waals surface area contributed by atoms with Gasteiger partial charge in [-0.1, -0.05) is 12.1 Å². The third-order valence-electron chi connectivity index (χ3n) is 2.14. The number of imidazole rings is 1. The molecule has 0 amide bonds. The van der Waals surface area contributed by atoms with Crippen LogP contribution in [0.2, 0.25) is 0 Å². The quantitative estimate of drug-likeness (QED) is 0.666. The predicted octanol–water partition coefficient (Wildman–Crippen LogP) is 2.67. The molecule has 3 nitrogen and oxygen atoms in total. The summed E-state index contributed by atoms with van der Waals surface area (Å²) in [6.45, 7) is 0. The Morgan fingerprint density at radius 3 is 3.29 bits per heavy atom. The summed E-state index contributed by atoms with van der Waals surface area (Å²) in [6.07, 6.45) is 7.50. The lowest BCUT2D eigenvalue weighted by Gasteiger charge is -2.00. The molecule has 1 aliphatic heterocycles. The number of aromatic amines is 1. The zero-order chi connectivity index (χ0) is 9.38. The molecule has 1 aromatic heterocycles. The first-order valence-corrected chi connectivity index (χ1v) is 5.05. The van der Waals surface area contributed by atoms with E-state index in [4.69, 9.17) is 0 Å². The average molecular weight is 201 g/mol. The summed E-state index contributed by atoms with van der Waals surface area (Å²) in [4.78, 5) is 8.50. The molecule has 0 fully saturated rings. The van der Waals surface area contributed by atoms with Crippen molar-refractivity contribution >= 4 is 35.3 Å². The number of aromatic nitrogens is 2. The Labute approximate surface area is 85.1 Å². The second-order valence-corrected chi connectivity index (χ2v) is 3.79. The minimum atomic E-state index is 0.996.